The van der Waals surface area contributed by atoms with E-state index in [0.717, 1.165) is 0 Å². The van der Waals surface area contributed by atoms with Crippen molar-refractivity contribution in [3.8, 4) is 11.5 Å². The van der Waals surface area contributed by atoms with Crippen LogP contribution in [0.5, 0.6) is 11.5 Å². The number of carbonyl (C=O) groups is 1. The number of phenols is 1. The van der Waals surface area contributed by atoms with Crippen LogP contribution in [0.25, 0.3) is 0 Å². The summed E-state index contributed by atoms with van der Waals surface area (Å²) in [4.78, 5) is 13.3. The lowest BCUT2D eigenvalue weighted by molar-refractivity contribution is -0.120. The molecule has 1 amide bonds. The van der Waals surface area contributed by atoms with Crippen LogP contribution in [0, 0.1) is 5.82 Å². The Hall–Kier alpha value is -2.56. The SMILES string of the molecule is CN(C(=O)COc1ccccc1F)c1ccc(O)cc1. The zero-order valence-electron chi connectivity index (χ0n) is 10.9. The fourth-order valence-corrected chi connectivity index (χ4v) is 1.62. The summed E-state index contributed by atoms with van der Waals surface area (Å²) < 4.78 is 18.5. The van der Waals surface area contributed by atoms with Crippen LogP contribution in [-0.2, 0) is 4.79 Å². The molecule has 0 atom stereocenters. The molecule has 4 nitrogen and oxygen atoms in total. The van der Waals surface area contributed by atoms with Gasteiger partial charge >= 0.3 is 0 Å². The molecule has 0 saturated carbocycles. The summed E-state index contributed by atoms with van der Waals surface area (Å²) in [7, 11) is 1.58. The fourth-order valence-electron chi connectivity index (χ4n) is 1.62. The van der Waals surface area contributed by atoms with Crippen LogP contribution in [0.2, 0.25) is 0 Å². The first kappa shape index (κ1) is 13.9. The molecule has 104 valence electrons. The van der Waals surface area contributed by atoms with Crippen molar-refractivity contribution in [2.45, 2.75) is 0 Å². The van der Waals surface area contributed by atoms with Crippen molar-refractivity contribution in [3.05, 3.63) is 54.3 Å². The van der Waals surface area contributed by atoms with E-state index in [0.29, 0.717) is 5.69 Å². The van der Waals surface area contributed by atoms with Gasteiger partial charge < -0.3 is 14.7 Å². The second-order valence-corrected chi connectivity index (χ2v) is 4.19. The maximum Gasteiger partial charge on any atom is 0.264 e. The number of likely N-dealkylation sites (N-methyl/N-ethyl adjacent to an activating group) is 1. The quantitative estimate of drug-likeness (QED) is 0.933. The van der Waals surface area contributed by atoms with Gasteiger partial charge in [-0.25, -0.2) is 4.39 Å². The Balaban J connectivity index is 1.98. The van der Waals surface area contributed by atoms with E-state index in [1.165, 1.54) is 29.2 Å². The number of ether oxygens (including phenoxy) is 1. The largest absolute Gasteiger partial charge is 0.508 e. The van der Waals surface area contributed by atoms with Gasteiger partial charge in [-0.1, -0.05) is 12.1 Å². The fraction of sp³-hybridized carbons (Fsp3) is 0.133. The Morgan fingerprint density at radius 2 is 1.85 bits per heavy atom. The van der Waals surface area contributed by atoms with Crippen LogP contribution in [0.1, 0.15) is 0 Å². The highest BCUT2D eigenvalue weighted by Gasteiger charge is 2.12. The molecule has 0 aliphatic carbocycles. The van der Waals surface area contributed by atoms with E-state index < -0.39 is 5.82 Å². The molecule has 0 unspecified atom stereocenters. The van der Waals surface area contributed by atoms with Crippen molar-refractivity contribution in [3.63, 3.8) is 0 Å². The third-order valence-electron chi connectivity index (χ3n) is 2.80. The third-order valence-corrected chi connectivity index (χ3v) is 2.80. The zero-order chi connectivity index (χ0) is 14.5. The zero-order valence-corrected chi connectivity index (χ0v) is 10.9. The molecule has 0 spiro atoms. The first-order valence-corrected chi connectivity index (χ1v) is 6.01. The highest BCUT2D eigenvalue weighted by molar-refractivity contribution is 5.93. The lowest BCUT2D eigenvalue weighted by Crippen LogP contribution is -2.31. The Labute approximate surface area is 116 Å². The smallest absolute Gasteiger partial charge is 0.264 e. The number of para-hydroxylation sites is 1. The van der Waals surface area contributed by atoms with E-state index >= 15 is 0 Å². The van der Waals surface area contributed by atoms with Gasteiger partial charge in [-0.3, -0.25) is 4.79 Å². The number of hydrogen-bond acceptors (Lipinski definition) is 3. The van der Waals surface area contributed by atoms with Gasteiger partial charge in [-0.05, 0) is 36.4 Å². The van der Waals surface area contributed by atoms with Gasteiger partial charge in [0.25, 0.3) is 5.91 Å². The molecule has 0 heterocycles. The first-order chi connectivity index (χ1) is 9.58. The van der Waals surface area contributed by atoms with E-state index in [1.54, 1.807) is 31.3 Å². The predicted molar refractivity (Wildman–Crippen MR) is 73.4 cm³/mol. The van der Waals surface area contributed by atoms with Crippen LogP contribution in [-0.4, -0.2) is 24.7 Å². The summed E-state index contributed by atoms with van der Waals surface area (Å²) >= 11 is 0. The maximum absolute atomic E-state index is 13.3. The van der Waals surface area contributed by atoms with Crippen LogP contribution in [0.4, 0.5) is 10.1 Å². The van der Waals surface area contributed by atoms with Gasteiger partial charge in [0.2, 0.25) is 0 Å². The Morgan fingerprint density at radius 1 is 1.20 bits per heavy atom. The molecule has 1 N–H and O–H groups in total. The number of hydrogen-bond donors (Lipinski definition) is 1. The second-order valence-electron chi connectivity index (χ2n) is 4.19. The predicted octanol–water partition coefficient (Wildman–Crippen LogP) is 2.57. The summed E-state index contributed by atoms with van der Waals surface area (Å²) in [6.45, 7) is -0.266. The highest BCUT2D eigenvalue weighted by Crippen LogP contribution is 2.18. The maximum atomic E-state index is 13.3. The van der Waals surface area contributed by atoms with Gasteiger partial charge in [0, 0.05) is 12.7 Å². The molecular weight excluding hydrogens is 261 g/mol. The summed E-state index contributed by atoms with van der Waals surface area (Å²) in [6, 6.07) is 12.1. The van der Waals surface area contributed by atoms with Crippen molar-refractivity contribution in [1.29, 1.82) is 0 Å². The minimum Gasteiger partial charge on any atom is -0.508 e. The van der Waals surface area contributed by atoms with Crippen molar-refractivity contribution in [1.82, 2.24) is 0 Å². The molecule has 0 bridgehead atoms. The number of aromatic hydroxyl groups is 1. The van der Waals surface area contributed by atoms with Crippen molar-refractivity contribution in [2.24, 2.45) is 0 Å². The summed E-state index contributed by atoms with van der Waals surface area (Å²) in [5.74, 6) is -0.663. The van der Waals surface area contributed by atoms with E-state index in [1.807, 2.05) is 0 Å². The molecule has 0 radical (unpaired) electrons. The molecule has 2 rings (SSSR count). The standard InChI is InChI=1S/C15H14FNO3/c1-17(11-6-8-12(18)9-7-11)15(19)10-20-14-5-3-2-4-13(14)16/h2-9,18H,10H2,1H3. The number of nitrogens with zero attached hydrogens (tertiary/aromatic N) is 1. The van der Waals surface area contributed by atoms with Crippen LogP contribution >= 0.6 is 0 Å². The molecule has 0 aliphatic rings. The number of amides is 1. The number of anilines is 1. The Bertz CT molecular complexity index is 598. The number of rotatable bonds is 4. The average Bonchev–Trinajstić information content (AvgIpc) is 2.46. The van der Waals surface area contributed by atoms with Crippen molar-refractivity contribution in [2.75, 3.05) is 18.6 Å². The first-order valence-electron chi connectivity index (χ1n) is 6.01. The number of phenolic OH excluding ortho intramolecular Hbond substituents is 1. The normalized spacial score (nSPS) is 10.1. The number of benzene rings is 2. The van der Waals surface area contributed by atoms with Crippen LogP contribution in [0.3, 0.4) is 0 Å². The lowest BCUT2D eigenvalue weighted by Gasteiger charge is -2.17. The van der Waals surface area contributed by atoms with Crippen molar-refractivity contribution < 1.29 is 19.0 Å². The molecule has 0 aromatic heterocycles. The molecule has 0 saturated heterocycles. The summed E-state index contributed by atoms with van der Waals surface area (Å²) in [5, 5.41) is 9.19. The van der Waals surface area contributed by atoms with Gasteiger partial charge in [0.15, 0.2) is 18.2 Å². The second kappa shape index (κ2) is 6.06. The average molecular weight is 275 g/mol. The van der Waals surface area contributed by atoms with Gasteiger partial charge in [-0.15, -0.1) is 0 Å². The lowest BCUT2D eigenvalue weighted by atomic mass is 10.3. The molecule has 0 fully saturated rings. The minimum atomic E-state index is -0.507. The number of carbonyl (C=O) groups excluding carboxylic acids is 1. The van der Waals surface area contributed by atoms with Crippen LogP contribution < -0.4 is 9.64 Å². The molecule has 5 heteroatoms. The van der Waals surface area contributed by atoms with E-state index in [-0.39, 0.29) is 24.0 Å². The molecule has 0 aliphatic heterocycles. The van der Waals surface area contributed by atoms with E-state index in [2.05, 4.69) is 0 Å². The van der Waals surface area contributed by atoms with Crippen molar-refractivity contribution >= 4 is 11.6 Å². The molecular formula is C15H14FNO3. The molecule has 2 aromatic carbocycles. The third kappa shape index (κ3) is 3.26. The summed E-state index contributed by atoms with van der Waals surface area (Å²) in [5.41, 5.74) is 0.616. The Kier molecular flexibility index (Phi) is 4.20. The van der Waals surface area contributed by atoms with E-state index in [4.69, 9.17) is 4.74 Å². The van der Waals surface area contributed by atoms with E-state index in [9.17, 15) is 14.3 Å². The Morgan fingerprint density at radius 3 is 2.50 bits per heavy atom. The van der Waals surface area contributed by atoms with Crippen LogP contribution in [0.15, 0.2) is 48.5 Å². The van der Waals surface area contributed by atoms with Gasteiger partial charge in [-0.2, -0.15) is 0 Å². The highest BCUT2D eigenvalue weighted by atomic mass is 19.1. The van der Waals surface area contributed by atoms with Gasteiger partial charge in [0.05, 0.1) is 0 Å². The molecule has 20 heavy (non-hydrogen) atoms. The summed E-state index contributed by atoms with van der Waals surface area (Å²) in [6.07, 6.45) is 0. The number of halogens is 1. The van der Waals surface area contributed by atoms with Gasteiger partial charge in [0.1, 0.15) is 5.75 Å². The molecule has 2 aromatic rings. The monoisotopic (exact) mass is 275 g/mol. The topological polar surface area (TPSA) is 49.8 Å². The minimum absolute atomic E-state index is 0.0416.